The monoisotopic (exact) mass is 573 g/mol. The third kappa shape index (κ3) is 6.02. The van der Waals surface area contributed by atoms with E-state index in [4.69, 9.17) is 16.3 Å². The van der Waals surface area contributed by atoms with Crippen LogP contribution >= 0.6 is 11.6 Å². The summed E-state index contributed by atoms with van der Waals surface area (Å²) in [6.45, 7) is 1.85. The maximum Gasteiger partial charge on any atom is 0.309 e. The summed E-state index contributed by atoms with van der Waals surface area (Å²) in [4.78, 5) is 34.1. The van der Waals surface area contributed by atoms with Crippen molar-refractivity contribution < 1.29 is 23.1 Å². The summed E-state index contributed by atoms with van der Waals surface area (Å²) in [6, 6.07) is 14.8. The number of allylic oxidation sites excluding steroid dienone is 1. The summed E-state index contributed by atoms with van der Waals surface area (Å²) in [6.07, 6.45) is 6.25. The van der Waals surface area contributed by atoms with Gasteiger partial charge in [-0.15, -0.1) is 0 Å². The standard InChI is InChI=1S/C32H26ClF2N3O3/c1-18-4-3-5-23(26-11-7-21(17-37-26)30-25(34)10-9-24(33)31(30)35)27-16-20(12-13-36-27)22-8-6-19(15-29(39)41-2)14-28(22)38-32(18)40/h5-14,16-18H,3-4,15H2,1-2H3,(H,38,40)/b23-5-. The summed E-state index contributed by atoms with van der Waals surface area (Å²) in [7, 11) is 1.33. The number of esters is 1. The van der Waals surface area contributed by atoms with Gasteiger partial charge in [0.15, 0.2) is 5.82 Å². The number of halogens is 3. The molecule has 6 nitrogen and oxygen atoms in total. The van der Waals surface area contributed by atoms with Gasteiger partial charge in [0.05, 0.1) is 35.5 Å². The second kappa shape index (κ2) is 12.0. The molecular formula is C32H26ClF2N3O3. The molecule has 3 heterocycles. The molecule has 2 aromatic heterocycles. The van der Waals surface area contributed by atoms with Gasteiger partial charge >= 0.3 is 5.97 Å². The van der Waals surface area contributed by atoms with E-state index in [0.717, 1.165) is 22.8 Å². The number of aromatic nitrogens is 2. The summed E-state index contributed by atoms with van der Waals surface area (Å²) in [5.74, 6) is -2.40. The van der Waals surface area contributed by atoms with Gasteiger partial charge in [-0.3, -0.25) is 19.6 Å². The fourth-order valence-corrected chi connectivity index (χ4v) is 4.90. The number of amides is 1. The predicted octanol–water partition coefficient (Wildman–Crippen LogP) is 7.26. The van der Waals surface area contributed by atoms with E-state index < -0.39 is 11.6 Å². The second-order valence-corrected chi connectivity index (χ2v) is 10.2. The van der Waals surface area contributed by atoms with Crippen LogP contribution in [0.4, 0.5) is 14.5 Å². The lowest BCUT2D eigenvalue weighted by Gasteiger charge is -2.18. The fraction of sp³-hybridized carbons (Fsp3) is 0.188. The molecule has 0 spiro atoms. The SMILES string of the molecule is COC(=O)Cc1ccc2c(c1)NC(=O)C(C)CC/C=C(/c1ccc(-c3c(F)ccc(Cl)c3F)cn1)c1cc-2ccn1. The highest BCUT2D eigenvalue weighted by Crippen LogP contribution is 2.35. The number of hydrogen-bond donors (Lipinski definition) is 1. The van der Waals surface area contributed by atoms with Gasteiger partial charge in [0, 0.05) is 40.7 Å². The number of anilines is 1. The van der Waals surface area contributed by atoms with E-state index in [1.54, 1.807) is 24.4 Å². The van der Waals surface area contributed by atoms with Crippen LogP contribution in [0, 0.1) is 17.6 Å². The Labute approximate surface area is 241 Å². The summed E-state index contributed by atoms with van der Waals surface area (Å²) in [5.41, 5.74) is 4.79. The smallest absolute Gasteiger partial charge is 0.309 e. The minimum Gasteiger partial charge on any atom is -0.469 e. The zero-order valence-corrected chi connectivity index (χ0v) is 23.1. The minimum atomic E-state index is -0.846. The van der Waals surface area contributed by atoms with Gasteiger partial charge in [0.2, 0.25) is 5.91 Å². The van der Waals surface area contributed by atoms with Crippen molar-refractivity contribution in [3.8, 4) is 22.3 Å². The molecule has 0 aliphatic carbocycles. The Hall–Kier alpha value is -4.43. The Balaban J connectivity index is 1.58. The van der Waals surface area contributed by atoms with Gasteiger partial charge in [-0.25, -0.2) is 8.78 Å². The zero-order valence-electron chi connectivity index (χ0n) is 22.4. The molecule has 1 N–H and O–H groups in total. The maximum absolute atomic E-state index is 14.6. The number of ether oxygens (including phenoxy) is 1. The molecule has 1 atom stereocenters. The number of nitrogens with one attached hydrogen (secondary N) is 1. The lowest BCUT2D eigenvalue weighted by molar-refractivity contribution is -0.139. The van der Waals surface area contributed by atoms with Crippen LogP contribution in [-0.2, 0) is 20.7 Å². The normalized spacial score (nSPS) is 16.4. The number of carbonyl (C=O) groups excluding carboxylic acids is 2. The van der Waals surface area contributed by atoms with Crippen LogP contribution in [0.5, 0.6) is 0 Å². The van der Waals surface area contributed by atoms with E-state index in [-0.39, 0.29) is 40.4 Å². The first-order valence-electron chi connectivity index (χ1n) is 13.0. The van der Waals surface area contributed by atoms with Gasteiger partial charge in [0.25, 0.3) is 0 Å². The highest BCUT2D eigenvalue weighted by atomic mass is 35.5. The average molecular weight is 574 g/mol. The van der Waals surface area contributed by atoms with Crippen molar-refractivity contribution >= 4 is 34.7 Å². The van der Waals surface area contributed by atoms with Gasteiger partial charge in [-0.05, 0) is 60.4 Å². The van der Waals surface area contributed by atoms with E-state index in [0.29, 0.717) is 35.5 Å². The lowest BCUT2D eigenvalue weighted by atomic mass is 9.95. The number of fused-ring (bicyclic) bond motifs is 4. The van der Waals surface area contributed by atoms with Crippen molar-refractivity contribution in [3.63, 3.8) is 0 Å². The van der Waals surface area contributed by atoms with Gasteiger partial charge in [0.1, 0.15) is 5.82 Å². The zero-order chi connectivity index (χ0) is 29.1. The van der Waals surface area contributed by atoms with Crippen molar-refractivity contribution in [1.82, 2.24) is 9.97 Å². The van der Waals surface area contributed by atoms with Gasteiger partial charge in [-0.1, -0.05) is 42.8 Å². The molecule has 0 fully saturated rings. The predicted molar refractivity (Wildman–Crippen MR) is 154 cm³/mol. The van der Waals surface area contributed by atoms with Crippen molar-refractivity contribution in [2.75, 3.05) is 12.4 Å². The van der Waals surface area contributed by atoms with Crippen LogP contribution in [0.15, 0.2) is 73.1 Å². The van der Waals surface area contributed by atoms with Crippen molar-refractivity contribution in [3.05, 3.63) is 107 Å². The lowest BCUT2D eigenvalue weighted by Crippen LogP contribution is -2.21. The van der Waals surface area contributed by atoms with E-state index in [1.807, 2.05) is 37.3 Å². The summed E-state index contributed by atoms with van der Waals surface area (Å²) in [5, 5.41) is 2.85. The molecule has 2 bridgehead atoms. The van der Waals surface area contributed by atoms with Crippen molar-refractivity contribution in [2.45, 2.75) is 26.2 Å². The summed E-state index contributed by atoms with van der Waals surface area (Å²) >= 11 is 5.88. The number of rotatable bonds is 4. The molecule has 0 saturated carbocycles. The maximum atomic E-state index is 14.6. The van der Waals surface area contributed by atoms with Crippen molar-refractivity contribution in [2.24, 2.45) is 5.92 Å². The molecule has 1 aliphatic rings. The molecule has 2 aromatic carbocycles. The fourth-order valence-electron chi connectivity index (χ4n) is 4.74. The molecule has 9 heteroatoms. The first-order chi connectivity index (χ1) is 19.7. The first kappa shape index (κ1) is 28.1. The molecule has 1 unspecified atom stereocenters. The molecule has 1 amide bonds. The Kier molecular flexibility index (Phi) is 8.21. The van der Waals surface area contributed by atoms with Crippen LogP contribution in [0.25, 0.3) is 27.8 Å². The number of carbonyl (C=O) groups is 2. The Morgan fingerprint density at radius 2 is 1.88 bits per heavy atom. The van der Waals surface area contributed by atoms with E-state index in [2.05, 4.69) is 15.3 Å². The molecule has 4 aromatic rings. The van der Waals surface area contributed by atoms with Crippen LogP contribution in [0.3, 0.4) is 0 Å². The Bertz CT molecular complexity index is 1670. The third-order valence-corrected chi connectivity index (χ3v) is 7.32. The number of methoxy groups -OCH3 is 1. The van der Waals surface area contributed by atoms with Gasteiger partial charge < -0.3 is 10.1 Å². The average Bonchev–Trinajstić information content (AvgIpc) is 2.97. The molecule has 5 rings (SSSR count). The third-order valence-electron chi connectivity index (χ3n) is 7.03. The minimum absolute atomic E-state index is 0.0777. The highest BCUT2D eigenvalue weighted by Gasteiger charge is 2.20. The van der Waals surface area contributed by atoms with Crippen LogP contribution in [-0.4, -0.2) is 29.0 Å². The molecule has 208 valence electrons. The number of pyridine rings is 2. The topological polar surface area (TPSA) is 81.2 Å². The molecular weight excluding hydrogens is 548 g/mol. The number of nitrogens with zero attached hydrogens (tertiary/aromatic N) is 2. The van der Waals surface area contributed by atoms with E-state index in [9.17, 15) is 18.4 Å². The van der Waals surface area contributed by atoms with E-state index in [1.165, 1.54) is 19.4 Å². The highest BCUT2D eigenvalue weighted by molar-refractivity contribution is 6.31. The molecule has 0 saturated heterocycles. The van der Waals surface area contributed by atoms with Crippen LogP contribution < -0.4 is 5.32 Å². The Morgan fingerprint density at radius 3 is 2.63 bits per heavy atom. The molecule has 41 heavy (non-hydrogen) atoms. The van der Waals surface area contributed by atoms with Crippen molar-refractivity contribution in [1.29, 1.82) is 0 Å². The Morgan fingerprint density at radius 1 is 1.05 bits per heavy atom. The number of hydrogen-bond acceptors (Lipinski definition) is 5. The van der Waals surface area contributed by atoms with Crippen LogP contribution in [0.1, 0.15) is 36.7 Å². The molecule has 1 aliphatic heterocycles. The second-order valence-electron chi connectivity index (χ2n) is 9.80. The summed E-state index contributed by atoms with van der Waals surface area (Å²) < 4.78 is 33.9. The van der Waals surface area contributed by atoms with E-state index >= 15 is 0 Å². The first-order valence-corrected chi connectivity index (χ1v) is 13.4. The molecule has 0 radical (unpaired) electrons. The largest absolute Gasteiger partial charge is 0.469 e. The van der Waals surface area contributed by atoms with Gasteiger partial charge in [-0.2, -0.15) is 0 Å². The van der Waals surface area contributed by atoms with Crippen LogP contribution in [0.2, 0.25) is 5.02 Å². The quantitative estimate of drug-likeness (QED) is 0.205. The number of benzene rings is 2.